The summed E-state index contributed by atoms with van der Waals surface area (Å²) >= 11 is 6.64. The Morgan fingerprint density at radius 2 is 1.91 bits per heavy atom. The van der Waals surface area contributed by atoms with Gasteiger partial charge in [0.15, 0.2) is 5.82 Å². The number of halogens is 2. The highest BCUT2D eigenvalue weighted by Gasteiger charge is 2.25. The zero-order valence-corrected chi connectivity index (χ0v) is 18.7. The van der Waals surface area contributed by atoms with Crippen LogP contribution in [0, 0.1) is 5.82 Å². The minimum Gasteiger partial charge on any atom is -0.507 e. The van der Waals surface area contributed by atoms with Crippen molar-refractivity contribution in [3.63, 3.8) is 0 Å². The third-order valence-electron chi connectivity index (χ3n) is 5.81. The summed E-state index contributed by atoms with van der Waals surface area (Å²) < 4.78 is 20.7. The molecule has 1 atom stereocenters. The third kappa shape index (κ3) is 4.05. The van der Waals surface area contributed by atoms with E-state index >= 15 is 0 Å². The summed E-state index contributed by atoms with van der Waals surface area (Å²) in [6, 6.07) is 17.1. The molecule has 5 rings (SSSR count). The number of ether oxygens (including phenoxy) is 1. The molecule has 0 radical (unpaired) electrons. The first kappa shape index (κ1) is 21.4. The Morgan fingerprint density at radius 1 is 1.09 bits per heavy atom. The number of benzene rings is 3. The number of rotatable bonds is 4. The van der Waals surface area contributed by atoms with Crippen LogP contribution in [-0.2, 0) is 0 Å². The number of phenolic OH excluding ortho intramolecular Hbond substituents is 1. The van der Waals surface area contributed by atoms with Crippen molar-refractivity contribution in [3.8, 4) is 28.5 Å². The van der Waals surface area contributed by atoms with E-state index in [9.17, 15) is 9.50 Å². The molecule has 0 saturated carbocycles. The minimum absolute atomic E-state index is 0.0314. The van der Waals surface area contributed by atoms with Gasteiger partial charge in [0.25, 0.3) is 0 Å². The molecular weight excluding hydrogens is 443 g/mol. The summed E-state index contributed by atoms with van der Waals surface area (Å²) in [5.74, 6) is 0.795. The van der Waals surface area contributed by atoms with Gasteiger partial charge in [-0.05, 0) is 43.3 Å². The first-order valence-corrected chi connectivity index (χ1v) is 11.1. The Morgan fingerprint density at radius 3 is 2.67 bits per heavy atom. The standard InChI is InChI=1S/C25H22ClFN4O2/c1-15-14-28-10-11-31(15)24-17-13-20(26)19(23-21(27)8-5-9-22(23)32)12-18(17)25(30-29-24)33-16-6-3-2-4-7-16/h2-9,12-13,15,28,32H,10-11,14H2,1H3/t15-/m0/s1. The molecule has 33 heavy (non-hydrogen) atoms. The minimum atomic E-state index is -0.570. The van der Waals surface area contributed by atoms with Crippen LogP contribution in [0.4, 0.5) is 10.2 Å². The van der Waals surface area contributed by atoms with Gasteiger partial charge in [0.1, 0.15) is 17.3 Å². The number of fused-ring (bicyclic) bond motifs is 1. The van der Waals surface area contributed by atoms with E-state index in [2.05, 4.69) is 27.3 Å². The molecule has 1 fully saturated rings. The molecule has 1 aromatic heterocycles. The van der Waals surface area contributed by atoms with E-state index in [0.29, 0.717) is 27.5 Å². The van der Waals surface area contributed by atoms with Gasteiger partial charge in [0.05, 0.1) is 10.9 Å². The number of hydrogen-bond acceptors (Lipinski definition) is 6. The lowest BCUT2D eigenvalue weighted by atomic mass is 10.00. The maximum absolute atomic E-state index is 14.7. The van der Waals surface area contributed by atoms with Gasteiger partial charge in [-0.2, -0.15) is 0 Å². The van der Waals surface area contributed by atoms with Gasteiger partial charge in [-0.3, -0.25) is 0 Å². The van der Waals surface area contributed by atoms with Crippen molar-refractivity contribution in [3.05, 3.63) is 71.5 Å². The second kappa shape index (κ2) is 8.84. The quantitative estimate of drug-likeness (QED) is 0.422. The zero-order chi connectivity index (χ0) is 22.9. The fourth-order valence-corrected chi connectivity index (χ4v) is 4.41. The maximum Gasteiger partial charge on any atom is 0.246 e. The van der Waals surface area contributed by atoms with Gasteiger partial charge in [0.2, 0.25) is 5.88 Å². The van der Waals surface area contributed by atoms with Crippen molar-refractivity contribution in [1.29, 1.82) is 0 Å². The fraction of sp³-hybridized carbons (Fsp3) is 0.200. The molecule has 2 N–H and O–H groups in total. The summed E-state index contributed by atoms with van der Waals surface area (Å²) in [6.07, 6.45) is 0. The molecule has 0 unspecified atom stereocenters. The van der Waals surface area contributed by atoms with E-state index in [4.69, 9.17) is 16.3 Å². The van der Waals surface area contributed by atoms with Crippen molar-refractivity contribution in [1.82, 2.24) is 15.5 Å². The van der Waals surface area contributed by atoms with Crippen molar-refractivity contribution in [2.75, 3.05) is 24.5 Å². The number of nitrogens with one attached hydrogen (secondary N) is 1. The SMILES string of the molecule is C[C@H]1CNCCN1c1nnc(Oc2ccccc2)c2cc(-c3c(O)cccc3F)c(Cl)cc12. The van der Waals surface area contributed by atoms with E-state index in [1.54, 1.807) is 12.1 Å². The molecule has 0 bridgehead atoms. The molecule has 0 aliphatic carbocycles. The summed E-state index contributed by atoms with van der Waals surface area (Å²) in [7, 11) is 0. The molecule has 2 heterocycles. The Kier molecular flexibility index (Phi) is 5.74. The topological polar surface area (TPSA) is 70.5 Å². The highest BCUT2D eigenvalue weighted by Crippen LogP contribution is 2.42. The van der Waals surface area contributed by atoms with E-state index in [-0.39, 0.29) is 23.2 Å². The summed E-state index contributed by atoms with van der Waals surface area (Å²) in [5.41, 5.74) is 0.383. The maximum atomic E-state index is 14.7. The number of nitrogens with zero attached hydrogens (tertiary/aromatic N) is 3. The summed E-state index contributed by atoms with van der Waals surface area (Å²) in [5, 5.41) is 24.3. The number of phenols is 1. The third-order valence-corrected chi connectivity index (χ3v) is 6.12. The summed E-state index contributed by atoms with van der Waals surface area (Å²) in [6.45, 7) is 4.52. The van der Waals surface area contributed by atoms with Gasteiger partial charge in [-0.25, -0.2) is 4.39 Å². The van der Waals surface area contributed by atoms with Crippen LogP contribution < -0.4 is 15.0 Å². The molecule has 1 aliphatic heterocycles. The Balaban J connectivity index is 1.74. The lowest BCUT2D eigenvalue weighted by Gasteiger charge is -2.35. The highest BCUT2D eigenvalue weighted by molar-refractivity contribution is 6.34. The van der Waals surface area contributed by atoms with Gasteiger partial charge in [-0.15, -0.1) is 10.2 Å². The van der Waals surface area contributed by atoms with E-state index in [1.165, 1.54) is 18.2 Å². The van der Waals surface area contributed by atoms with Gasteiger partial charge in [-0.1, -0.05) is 35.9 Å². The van der Waals surface area contributed by atoms with Crippen LogP contribution in [0.2, 0.25) is 5.02 Å². The Hall–Kier alpha value is -3.42. The molecule has 8 heteroatoms. The number of piperazine rings is 1. The molecule has 0 amide bonds. The lowest BCUT2D eigenvalue weighted by molar-refractivity contribution is 0.458. The average molecular weight is 465 g/mol. The molecule has 4 aromatic rings. The molecule has 0 spiro atoms. The molecule has 168 valence electrons. The number of para-hydroxylation sites is 1. The first-order chi connectivity index (χ1) is 16.0. The molecular formula is C25H22ClFN4O2. The van der Waals surface area contributed by atoms with Crippen LogP contribution in [0.3, 0.4) is 0 Å². The van der Waals surface area contributed by atoms with E-state index in [1.807, 2.05) is 30.3 Å². The normalized spacial score (nSPS) is 16.2. The van der Waals surface area contributed by atoms with E-state index < -0.39 is 5.82 Å². The van der Waals surface area contributed by atoms with Gasteiger partial charge in [0, 0.05) is 41.6 Å². The zero-order valence-electron chi connectivity index (χ0n) is 17.9. The number of aromatic nitrogens is 2. The number of anilines is 1. The van der Waals surface area contributed by atoms with Crippen LogP contribution in [0.15, 0.2) is 60.7 Å². The second-order valence-corrected chi connectivity index (χ2v) is 8.41. The molecule has 1 aliphatic rings. The summed E-state index contributed by atoms with van der Waals surface area (Å²) in [4.78, 5) is 2.18. The van der Waals surface area contributed by atoms with Crippen LogP contribution in [0.5, 0.6) is 17.4 Å². The van der Waals surface area contributed by atoms with Crippen molar-refractivity contribution < 1.29 is 14.2 Å². The van der Waals surface area contributed by atoms with Crippen LogP contribution in [-0.4, -0.2) is 41.0 Å². The highest BCUT2D eigenvalue weighted by atomic mass is 35.5. The fourth-order valence-electron chi connectivity index (χ4n) is 4.15. The Labute approximate surface area is 195 Å². The van der Waals surface area contributed by atoms with Crippen LogP contribution >= 0.6 is 11.6 Å². The van der Waals surface area contributed by atoms with Gasteiger partial charge < -0.3 is 20.1 Å². The Bertz CT molecular complexity index is 1300. The largest absolute Gasteiger partial charge is 0.507 e. The number of aromatic hydroxyl groups is 1. The van der Waals surface area contributed by atoms with Crippen LogP contribution in [0.1, 0.15) is 6.92 Å². The molecule has 6 nitrogen and oxygen atoms in total. The molecule has 3 aromatic carbocycles. The van der Waals surface area contributed by atoms with Gasteiger partial charge >= 0.3 is 0 Å². The van der Waals surface area contributed by atoms with Crippen molar-refractivity contribution in [2.24, 2.45) is 0 Å². The monoisotopic (exact) mass is 464 g/mol. The first-order valence-electron chi connectivity index (χ1n) is 10.7. The van der Waals surface area contributed by atoms with Crippen molar-refractivity contribution in [2.45, 2.75) is 13.0 Å². The van der Waals surface area contributed by atoms with E-state index in [0.717, 1.165) is 25.0 Å². The lowest BCUT2D eigenvalue weighted by Crippen LogP contribution is -2.50. The molecule has 1 saturated heterocycles. The number of hydrogen-bond donors (Lipinski definition) is 2. The predicted molar refractivity (Wildman–Crippen MR) is 128 cm³/mol. The average Bonchev–Trinajstić information content (AvgIpc) is 2.81. The predicted octanol–water partition coefficient (Wildman–Crippen LogP) is 5.39. The second-order valence-electron chi connectivity index (χ2n) is 8.00. The smallest absolute Gasteiger partial charge is 0.246 e. The van der Waals surface area contributed by atoms with Crippen molar-refractivity contribution >= 4 is 28.2 Å². The van der Waals surface area contributed by atoms with Crippen LogP contribution in [0.25, 0.3) is 21.9 Å².